The monoisotopic (exact) mass is 311 g/mol. The van der Waals surface area contributed by atoms with Gasteiger partial charge in [-0.25, -0.2) is 4.79 Å². The Balaban J connectivity index is 1.97. The second kappa shape index (κ2) is 6.64. The third-order valence-corrected chi connectivity index (χ3v) is 4.22. The normalized spacial score (nSPS) is 25.8. The summed E-state index contributed by atoms with van der Waals surface area (Å²) in [6, 6.07) is -0.474. The van der Waals surface area contributed by atoms with Gasteiger partial charge in [-0.05, 0) is 25.7 Å². The van der Waals surface area contributed by atoms with Crippen molar-refractivity contribution in [2.45, 2.75) is 39.2 Å². The zero-order chi connectivity index (χ0) is 16.3. The lowest BCUT2D eigenvalue weighted by atomic mass is 9.92. The molecule has 7 nitrogen and oxygen atoms in total. The Bertz CT molecular complexity index is 460. The number of hydrogen-bond acceptors (Lipinski definition) is 4. The van der Waals surface area contributed by atoms with Crippen LogP contribution in [0, 0.1) is 5.92 Å². The molecule has 0 unspecified atom stereocenters. The fourth-order valence-corrected chi connectivity index (χ4v) is 2.69. The molecule has 0 aromatic rings. The van der Waals surface area contributed by atoms with Gasteiger partial charge in [-0.2, -0.15) is 0 Å². The summed E-state index contributed by atoms with van der Waals surface area (Å²) in [6.45, 7) is 7.70. The highest BCUT2D eigenvalue weighted by molar-refractivity contribution is 6.08. The van der Waals surface area contributed by atoms with E-state index in [0.29, 0.717) is 38.6 Å². The Labute approximate surface area is 131 Å². The van der Waals surface area contributed by atoms with Crippen LogP contribution in [0.5, 0.6) is 0 Å². The van der Waals surface area contributed by atoms with Gasteiger partial charge in [-0.1, -0.05) is 13.8 Å². The highest BCUT2D eigenvalue weighted by atomic mass is 16.5. The Morgan fingerprint density at radius 3 is 2.55 bits per heavy atom. The molecule has 0 saturated carbocycles. The fraction of sp³-hybridized carbons (Fsp3) is 0.800. The summed E-state index contributed by atoms with van der Waals surface area (Å²) in [4.78, 5) is 39.5. The summed E-state index contributed by atoms with van der Waals surface area (Å²) >= 11 is 0. The van der Waals surface area contributed by atoms with Crippen molar-refractivity contribution in [3.05, 3.63) is 0 Å². The average molecular weight is 311 g/mol. The highest BCUT2D eigenvalue weighted by Crippen LogP contribution is 2.24. The van der Waals surface area contributed by atoms with Gasteiger partial charge < -0.3 is 15.0 Å². The maximum Gasteiger partial charge on any atom is 0.325 e. The van der Waals surface area contributed by atoms with Crippen LogP contribution >= 0.6 is 0 Å². The lowest BCUT2D eigenvalue weighted by molar-refractivity contribution is -0.141. The molecule has 1 N–H and O–H groups in total. The molecule has 22 heavy (non-hydrogen) atoms. The summed E-state index contributed by atoms with van der Waals surface area (Å²) in [5.41, 5.74) is -0.896. The van der Waals surface area contributed by atoms with Crippen LogP contribution < -0.4 is 5.32 Å². The Morgan fingerprint density at radius 2 is 1.95 bits per heavy atom. The van der Waals surface area contributed by atoms with Crippen LogP contribution in [0.15, 0.2) is 0 Å². The van der Waals surface area contributed by atoms with E-state index >= 15 is 0 Å². The van der Waals surface area contributed by atoms with Crippen LogP contribution in [0.2, 0.25) is 0 Å². The minimum absolute atomic E-state index is 0.193. The molecule has 2 rings (SSSR count). The highest BCUT2D eigenvalue weighted by Gasteiger charge is 2.48. The second-order valence-electron chi connectivity index (χ2n) is 6.58. The van der Waals surface area contributed by atoms with E-state index in [0.717, 1.165) is 11.3 Å². The lowest BCUT2D eigenvalue weighted by Crippen LogP contribution is -2.48. The van der Waals surface area contributed by atoms with Gasteiger partial charge in [0.2, 0.25) is 5.91 Å². The minimum atomic E-state index is -0.896. The predicted molar refractivity (Wildman–Crippen MR) is 80.1 cm³/mol. The van der Waals surface area contributed by atoms with Crippen molar-refractivity contribution in [1.82, 2.24) is 15.1 Å². The maximum absolute atomic E-state index is 12.5. The molecule has 2 aliphatic heterocycles. The van der Waals surface area contributed by atoms with E-state index in [-0.39, 0.29) is 18.4 Å². The Morgan fingerprint density at radius 1 is 1.32 bits per heavy atom. The Kier molecular flexibility index (Phi) is 5.05. The Hall–Kier alpha value is -1.63. The number of rotatable bonds is 5. The molecule has 0 aromatic heterocycles. The molecule has 4 amide bonds. The van der Waals surface area contributed by atoms with E-state index in [1.165, 1.54) is 0 Å². The third kappa shape index (κ3) is 3.58. The van der Waals surface area contributed by atoms with E-state index in [1.807, 2.05) is 0 Å². The topological polar surface area (TPSA) is 79.0 Å². The van der Waals surface area contributed by atoms with Gasteiger partial charge in [-0.15, -0.1) is 0 Å². The molecular weight excluding hydrogens is 286 g/mol. The lowest BCUT2D eigenvalue weighted by Gasteiger charge is -2.28. The summed E-state index contributed by atoms with van der Waals surface area (Å²) in [5.74, 6) is -0.0646. The summed E-state index contributed by atoms with van der Waals surface area (Å²) in [7, 11) is 0. The molecule has 0 aliphatic carbocycles. The predicted octanol–water partition coefficient (Wildman–Crippen LogP) is 0.592. The zero-order valence-electron chi connectivity index (χ0n) is 13.6. The van der Waals surface area contributed by atoms with Crippen LogP contribution in [0.25, 0.3) is 0 Å². The van der Waals surface area contributed by atoms with Crippen molar-refractivity contribution >= 4 is 17.8 Å². The second-order valence-corrected chi connectivity index (χ2v) is 6.58. The van der Waals surface area contributed by atoms with E-state index < -0.39 is 11.6 Å². The van der Waals surface area contributed by atoms with Crippen LogP contribution in [-0.2, 0) is 14.3 Å². The minimum Gasteiger partial charge on any atom is -0.378 e. The quantitative estimate of drug-likeness (QED) is 0.754. The smallest absolute Gasteiger partial charge is 0.325 e. The van der Waals surface area contributed by atoms with Crippen molar-refractivity contribution < 1.29 is 19.1 Å². The maximum atomic E-state index is 12.5. The number of carbonyl (C=O) groups is 3. The summed E-state index contributed by atoms with van der Waals surface area (Å²) in [5, 5.41) is 2.74. The first kappa shape index (κ1) is 16.7. The molecule has 2 heterocycles. The van der Waals surface area contributed by atoms with Crippen molar-refractivity contribution in [3.63, 3.8) is 0 Å². The van der Waals surface area contributed by atoms with E-state index in [2.05, 4.69) is 19.2 Å². The van der Waals surface area contributed by atoms with Crippen LogP contribution in [0.4, 0.5) is 4.79 Å². The van der Waals surface area contributed by atoms with Crippen molar-refractivity contribution in [2.24, 2.45) is 5.92 Å². The van der Waals surface area contributed by atoms with E-state index in [1.54, 1.807) is 11.8 Å². The van der Waals surface area contributed by atoms with Crippen molar-refractivity contribution in [2.75, 3.05) is 32.8 Å². The molecule has 2 saturated heterocycles. The van der Waals surface area contributed by atoms with Gasteiger partial charge in [0.15, 0.2) is 0 Å². The van der Waals surface area contributed by atoms with E-state index in [4.69, 9.17) is 4.74 Å². The number of hydrogen-bond donors (Lipinski definition) is 1. The molecule has 2 aliphatic rings. The van der Waals surface area contributed by atoms with Gasteiger partial charge in [0.1, 0.15) is 12.1 Å². The number of carbonyl (C=O) groups excluding carboxylic acids is 3. The molecule has 0 radical (unpaired) electrons. The third-order valence-electron chi connectivity index (χ3n) is 4.22. The van der Waals surface area contributed by atoms with E-state index in [9.17, 15) is 14.4 Å². The molecule has 0 spiro atoms. The standard InChI is InChI=1S/C15H25N3O4/c1-11(2)4-5-15(3)13(20)18(14(21)16-15)10-12(19)17-6-8-22-9-7-17/h11H,4-10H2,1-3H3,(H,16,21)/t15-/m1/s1. The SMILES string of the molecule is CC(C)CC[C@@]1(C)NC(=O)N(CC(=O)N2CCOCC2)C1=O. The molecule has 0 bridgehead atoms. The van der Waals surface area contributed by atoms with Gasteiger partial charge in [0, 0.05) is 13.1 Å². The molecular formula is C15H25N3O4. The largest absolute Gasteiger partial charge is 0.378 e. The number of nitrogens with one attached hydrogen (secondary N) is 1. The summed E-state index contributed by atoms with van der Waals surface area (Å²) < 4.78 is 5.20. The number of nitrogens with zero attached hydrogens (tertiary/aromatic N) is 2. The zero-order valence-corrected chi connectivity index (χ0v) is 13.6. The van der Waals surface area contributed by atoms with Crippen LogP contribution in [0.3, 0.4) is 0 Å². The first-order valence-corrected chi connectivity index (χ1v) is 7.83. The number of imide groups is 1. The molecule has 0 aromatic carbocycles. The van der Waals surface area contributed by atoms with Gasteiger partial charge in [-0.3, -0.25) is 14.5 Å². The van der Waals surface area contributed by atoms with Crippen LogP contribution in [-0.4, -0.2) is 66.0 Å². The van der Waals surface area contributed by atoms with Crippen LogP contribution in [0.1, 0.15) is 33.6 Å². The fourth-order valence-electron chi connectivity index (χ4n) is 2.69. The van der Waals surface area contributed by atoms with Crippen molar-refractivity contribution in [3.8, 4) is 0 Å². The number of amides is 4. The average Bonchev–Trinajstić information content (AvgIpc) is 2.70. The first-order valence-electron chi connectivity index (χ1n) is 7.83. The number of urea groups is 1. The molecule has 2 fully saturated rings. The van der Waals surface area contributed by atoms with Gasteiger partial charge in [0.25, 0.3) is 5.91 Å². The van der Waals surface area contributed by atoms with Gasteiger partial charge in [0.05, 0.1) is 13.2 Å². The number of morpholine rings is 1. The van der Waals surface area contributed by atoms with Crippen molar-refractivity contribution in [1.29, 1.82) is 0 Å². The summed E-state index contributed by atoms with van der Waals surface area (Å²) in [6.07, 6.45) is 1.42. The molecule has 1 atom stereocenters. The van der Waals surface area contributed by atoms with Gasteiger partial charge >= 0.3 is 6.03 Å². The number of ether oxygens (including phenoxy) is 1. The molecule has 7 heteroatoms. The molecule has 124 valence electrons. The first-order chi connectivity index (χ1) is 10.3.